The fourth-order valence-electron chi connectivity index (χ4n) is 2.79. The van der Waals surface area contributed by atoms with Crippen molar-refractivity contribution in [3.05, 3.63) is 53.6 Å². The molecule has 0 atom stereocenters. The minimum atomic E-state index is -0.0134. The third kappa shape index (κ3) is 5.49. The van der Waals surface area contributed by atoms with Crippen molar-refractivity contribution in [3.63, 3.8) is 0 Å². The molecule has 0 aliphatic rings. The van der Waals surface area contributed by atoms with Crippen LogP contribution in [-0.2, 0) is 17.8 Å². The summed E-state index contributed by atoms with van der Waals surface area (Å²) in [6, 6.07) is 13.8. The summed E-state index contributed by atoms with van der Waals surface area (Å²) in [6.07, 6.45) is 0.949. The van der Waals surface area contributed by atoms with Gasteiger partial charge in [-0.25, -0.2) is 0 Å². The van der Waals surface area contributed by atoms with Gasteiger partial charge in [-0.2, -0.15) is 0 Å². The molecule has 26 heavy (non-hydrogen) atoms. The average molecular weight is 356 g/mol. The summed E-state index contributed by atoms with van der Waals surface area (Å²) in [6.45, 7) is 5.92. The van der Waals surface area contributed by atoms with Gasteiger partial charge in [-0.1, -0.05) is 32.0 Å². The number of carbonyl (C=O) groups is 1. The molecule has 0 heterocycles. The Hall–Kier alpha value is -2.53. The zero-order chi connectivity index (χ0) is 18.9. The van der Waals surface area contributed by atoms with Crippen molar-refractivity contribution in [2.45, 2.75) is 26.8 Å². The van der Waals surface area contributed by atoms with Crippen molar-refractivity contribution in [2.24, 2.45) is 0 Å². The first-order valence-corrected chi connectivity index (χ1v) is 8.91. The number of hydrogen-bond acceptors (Lipinski definition) is 4. The van der Waals surface area contributed by atoms with Crippen molar-refractivity contribution in [3.8, 4) is 11.5 Å². The van der Waals surface area contributed by atoms with E-state index in [-0.39, 0.29) is 5.91 Å². The lowest BCUT2D eigenvalue weighted by molar-refractivity contribution is -0.117. The maximum atomic E-state index is 12.4. The van der Waals surface area contributed by atoms with E-state index < -0.39 is 0 Å². The number of aryl methyl sites for hydroxylation is 1. The Morgan fingerprint density at radius 1 is 1.00 bits per heavy atom. The SMILES string of the molecule is CCc1cccc(NC(=O)CN(CC)Cc2ccc(OC)c(OC)c2)c1. The van der Waals surface area contributed by atoms with E-state index in [9.17, 15) is 4.79 Å². The van der Waals surface area contributed by atoms with Crippen LogP contribution in [0.5, 0.6) is 11.5 Å². The molecule has 0 saturated carbocycles. The number of nitrogens with zero attached hydrogens (tertiary/aromatic N) is 1. The quantitative estimate of drug-likeness (QED) is 0.744. The van der Waals surface area contributed by atoms with Crippen molar-refractivity contribution < 1.29 is 14.3 Å². The lowest BCUT2D eigenvalue weighted by Crippen LogP contribution is -2.32. The van der Waals surface area contributed by atoms with Gasteiger partial charge in [0.1, 0.15) is 0 Å². The summed E-state index contributed by atoms with van der Waals surface area (Å²) < 4.78 is 10.6. The largest absolute Gasteiger partial charge is 0.493 e. The summed E-state index contributed by atoms with van der Waals surface area (Å²) >= 11 is 0. The fraction of sp³-hybridized carbons (Fsp3) is 0.381. The second-order valence-corrected chi connectivity index (χ2v) is 6.09. The maximum absolute atomic E-state index is 12.4. The third-order valence-electron chi connectivity index (χ3n) is 4.29. The first-order valence-electron chi connectivity index (χ1n) is 8.91. The highest BCUT2D eigenvalue weighted by atomic mass is 16.5. The van der Waals surface area contributed by atoms with Crippen molar-refractivity contribution in [2.75, 3.05) is 32.6 Å². The van der Waals surface area contributed by atoms with E-state index in [1.165, 1.54) is 5.56 Å². The lowest BCUT2D eigenvalue weighted by Gasteiger charge is -2.20. The normalized spacial score (nSPS) is 10.7. The summed E-state index contributed by atoms with van der Waals surface area (Å²) in [5.41, 5.74) is 3.13. The van der Waals surface area contributed by atoms with Gasteiger partial charge < -0.3 is 14.8 Å². The minimum Gasteiger partial charge on any atom is -0.493 e. The van der Waals surface area contributed by atoms with Crippen LogP contribution < -0.4 is 14.8 Å². The molecule has 0 aliphatic carbocycles. The second-order valence-electron chi connectivity index (χ2n) is 6.09. The summed E-state index contributed by atoms with van der Waals surface area (Å²) in [5.74, 6) is 1.38. The number of amides is 1. The highest BCUT2D eigenvalue weighted by molar-refractivity contribution is 5.92. The minimum absolute atomic E-state index is 0.0134. The predicted octanol–water partition coefficient (Wildman–Crippen LogP) is 3.73. The van der Waals surface area contributed by atoms with Crippen LogP contribution >= 0.6 is 0 Å². The van der Waals surface area contributed by atoms with Crippen molar-refractivity contribution in [1.29, 1.82) is 0 Å². The molecule has 0 saturated heterocycles. The number of ether oxygens (including phenoxy) is 2. The summed E-state index contributed by atoms with van der Waals surface area (Å²) in [4.78, 5) is 14.5. The van der Waals surface area contributed by atoms with Gasteiger partial charge in [-0.15, -0.1) is 0 Å². The average Bonchev–Trinajstić information content (AvgIpc) is 2.67. The fourth-order valence-corrected chi connectivity index (χ4v) is 2.79. The molecule has 140 valence electrons. The predicted molar refractivity (Wildman–Crippen MR) is 105 cm³/mol. The number of hydrogen-bond donors (Lipinski definition) is 1. The monoisotopic (exact) mass is 356 g/mol. The summed E-state index contributed by atoms with van der Waals surface area (Å²) in [5, 5.41) is 2.98. The molecule has 0 radical (unpaired) electrons. The summed E-state index contributed by atoms with van der Waals surface area (Å²) in [7, 11) is 3.24. The first kappa shape index (κ1) is 19.8. The number of methoxy groups -OCH3 is 2. The molecule has 2 aromatic carbocycles. The molecule has 0 aromatic heterocycles. The first-order chi connectivity index (χ1) is 12.6. The van der Waals surface area contributed by atoms with Crippen molar-refractivity contribution in [1.82, 2.24) is 4.90 Å². The van der Waals surface area contributed by atoms with Crippen molar-refractivity contribution >= 4 is 11.6 Å². The van der Waals surface area contributed by atoms with Crippen LogP contribution in [0.2, 0.25) is 0 Å². The molecule has 0 bridgehead atoms. The Morgan fingerprint density at radius 3 is 2.42 bits per heavy atom. The van der Waals surface area contributed by atoms with Gasteiger partial charge in [0.05, 0.1) is 20.8 Å². The van der Waals surface area contributed by atoms with Crippen LogP contribution in [-0.4, -0.2) is 38.1 Å². The maximum Gasteiger partial charge on any atom is 0.238 e. The van der Waals surface area contributed by atoms with Crippen LogP contribution in [0, 0.1) is 0 Å². The molecular weight excluding hydrogens is 328 g/mol. The zero-order valence-electron chi connectivity index (χ0n) is 16.0. The third-order valence-corrected chi connectivity index (χ3v) is 4.29. The van der Waals surface area contributed by atoms with Crippen LogP contribution in [0.4, 0.5) is 5.69 Å². The highest BCUT2D eigenvalue weighted by Crippen LogP contribution is 2.28. The Bertz CT molecular complexity index is 731. The molecule has 0 aliphatic heterocycles. The molecule has 5 nitrogen and oxygen atoms in total. The number of benzene rings is 2. The van der Waals surface area contributed by atoms with Gasteiger partial charge in [0.25, 0.3) is 0 Å². The van der Waals surface area contributed by atoms with E-state index in [0.717, 1.165) is 24.2 Å². The molecule has 0 fully saturated rings. The van der Waals surface area contributed by atoms with Crippen LogP contribution in [0.25, 0.3) is 0 Å². The lowest BCUT2D eigenvalue weighted by atomic mass is 10.1. The van der Waals surface area contributed by atoms with Gasteiger partial charge in [0.15, 0.2) is 11.5 Å². The number of anilines is 1. The number of likely N-dealkylation sites (N-methyl/N-ethyl adjacent to an activating group) is 1. The highest BCUT2D eigenvalue weighted by Gasteiger charge is 2.12. The molecule has 5 heteroatoms. The molecule has 2 rings (SSSR count). The molecule has 0 spiro atoms. The van der Waals surface area contributed by atoms with E-state index in [1.807, 2.05) is 43.3 Å². The van der Waals surface area contributed by atoms with Gasteiger partial charge in [-0.05, 0) is 48.4 Å². The topological polar surface area (TPSA) is 50.8 Å². The van der Waals surface area contributed by atoms with Gasteiger partial charge in [0, 0.05) is 12.2 Å². The van der Waals surface area contributed by atoms with E-state index in [4.69, 9.17) is 9.47 Å². The van der Waals surface area contributed by atoms with Crippen LogP contribution in [0.3, 0.4) is 0 Å². The van der Waals surface area contributed by atoms with E-state index in [0.29, 0.717) is 24.6 Å². The standard InChI is InChI=1S/C21H28N2O3/c1-5-16-8-7-9-18(12-16)22-21(24)15-23(6-2)14-17-10-11-19(25-3)20(13-17)26-4/h7-13H,5-6,14-15H2,1-4H3,(H,22,24). The molecule has 0 unspecified atom stereocenters. The Morgan fingerprint density at radius 2 is 1.77 bits per heavy atom. The number of carbonyl (C=O) groups excluding carboxylic acids is 1. The van der Waals surface area contributed by atoms with Gasteiger partial charge in [-0.3, -0.25) is 9.69 Å². The number of rotatable bonds is 9. The van der Waals surface area contributed by atoms with Gasteiger partial charge in [0.2, 0.25) is 5.91 Å². The van der Waals surface area contributed by atoms with Crippen LogP contribution in [0.15, 0.2) is 42.5 Å². The second kappa shape index (κ2) is 9.82. The Balaban J connectivity index is 1.99. The number of nitrogens with one attached hydrogen (secondary N) is 1. The molecule has 1 N–H and O–H groups in total. The van der Waals surface area contributed by atoms with E-state index in [1.54, 1.807) is 14.2 Å². The Labute approximate surface area is 155 Å². The molecule has 1 amide bonds. The molecule has 2 aromatic rings. The van der Waals surface area contributed by atoms with Crippen LogP contribution in [0.1, 0.15) is 25.0 Å². The molecular formula is C21H28N2O3. The zero-order valence-corrected chi connectivity index (χ0v) is 16.0. The van der Waals surface area contributed by atoms with Gasteiger partial charge >= 0.3 is 0 Å². The van der Waals surface area contributed by atoms with E-state index in [2.05, 4.69) is 23.2 Å². The van der Waals surface area contributed by atoms with E-state index >= 15 is 0 Å². The smallest absolute Gasteiger partial charge is 0.238 e. The Kier molecular flexibility index (Phi) is 7.48.